The van der Waals surface area contributed by atoms with Gasteiger partial charge in [0.1, 0.15) is 12.1 Å². The summed E-state index contributed by atoms with van der Waals surface area (Å²) in [6.45, 7) is 6.10. The quantitative estimate of drug-likeness (QED) is 0.297. The molecule has 10 nitrogen and oxygen atoms in total. The lowest BCUT2D eigenvalue weighted by Crippen LogP contribution is -2.37. The zero-order valence-corrected chi connectivity index (χ0v) is 23.6. The lowest BCUT2D eigenvalue weighted by Gasteiger charge is -2.34. The molecular weight excluding hydrogens is 538 g/mol. The van der Waals surface area contributed by atoms with Crippen LogP contribution in [0.1, 0.15) is 32.8 Å². The van der Waals surface area contributed by atoms with Crippen molar-refractivity contribution in [2.24, 2.45) is 26.6 Å². The predicted molar refractivity (Wildman–Crippen MR) is 154 cm³/mol. The molecule has 1 unspecified atom stereocenters. The Balaban J connectivity index is 1.44. The van der Waals surface area contributed by atoms with Crippen LogP contribution in [0.5, 0.6) is 5.88 Å². The molecule has 2 aliphatic rings. The monoisotopic (exact) mass is 568 g/mol. The first kappa shape index (κ1) is 27.8. The first-order valence-electron chi connectivity index (χ1n) is 12.6. The zero-order valence-electron chi connectivity index (χ0n) is 22.8. The minimum absolute atomic E-state index is 0.0634. The molecule has 1 saturated carbocycles. The zero-order chi connectivity index (χ0) is 28.7. The van der Waals surface area contributed by atoms with Crippen LogP contribution in [0.25, 0.3) is 11.0 Å². The molecule has 3 N–H and O–H groups in total. The SMILES string of the molecule is CN=C(COc1cnc2c(Nc3cc(F)c(F)c([C@@]4(C)N=C(N)S[C@@]5(COC)CC54)c3)nccc2n1)N=C(C)C. The largest absolute Gasteiger partial charge is 0.468 e. The van der Waals surface area contributed by atoms with Gasteiger partial charge in [-0.2, -0.15) is 0 Å². The molecule has 40 heavy (non-hydrogen) atoms. The number of aliphatic imine (C=N–C) groups is 3. The van der Waals surface area contributed by atoms with Gasteiger partial charge in [-0.25, -0.2) is 28.7 Å². The number of anilines is 2. The molecule has 13 heteroatoms. The fraction of sp³-hybridized carbons (Fsp3) is 0.407. The Labute approximate surface area is 234 Å². The molecule has 0 saturated heterocycles. The number of benzene rings is 1. The molecule has 5 rings (SSSR count). The van der Waals surface area contributed by atoms with Gasteiger partial charge in [0, 0.05) is 49.3 Å². The molecule has 1 aliphatic heterocycles. The number of aromatic nitrogens is 3. The second-order valence-electron chi connectivity index (χ2n) is 10.1. The van der Waals surface area contributed by atoms with Crippen molar-refractivity contribution >= 4 is 51.0 Å². The van der Waals surface area contributed by atoms with Crippen molar-refractivity contribution in [2.45, 2.75) is 37.5 Å². The summed E-state index contributed by atoms with van der Waals surface area (Å²) in [5, 5.41) is 3.40. The van der Waals surface area contributed by atoms with Crippen LogP contribution in [-0.4, -0.2) is 63.8 Å². The fourth-order valence-electron chi connectivity index (χ4n) is 5.13. The maximum atomic E-state index is 15.3. The molecule has 0 amide bonds. The number of nitrogens with one attached hydrogen (secondary N) is 1. The summed E-state index contributed by atoms with van der Waals surface area (Å²) in [4.78, 5) is 26.3. The maximum absolute atomic E-state index is 15.3. The highest BCUT2D eigenvalue weighted by Crippen LogP contribution is 2.66. The van der Waals surface area contributed by atoms with Crippen LogP contribution in [0, 0.1) is 17.6 Å². The summed E-state index contributed by atoms with van der Waals surface area (Å²) >= 11 is 1.43. The molecular formula is C27H30F2N8O2S. The predicted octanol–water partition coefficient (Wildman–Crippen LogP) is 4.62. The molecule has 3 aromatic rings. The number of amidine groups is 2. The van der Waals surface area contributed by atoms with Crippen LogP contribution in [-0.2, 0) is 10.3 Å². The number of thioether (sulfide) groups is 1. The van der Waals surface area contributed by atoms with Gasteiger partial charge >= 0.3 is 0 Å². The number of halogens is 2. The third-order valence-electron chi connectivity index (χ3n) is 6.98. The number of hydrogen-bond acceptors (Lipinski definition) is 10. The van der Waals surface area contributed by atoms with Gasteiger partial charge in [0.15, 0.2) is 28.5 Å². The highest BCUT2D eigenvalue weighted by Gasteiger charge is 2.66. The Hall–Kier alpha value is -3.71. The van der Waals surface area contributed by atoms with E-state index < -0.39 is 17.2 Å². The normalized spacial score (nSPS) is 23.8. The first-order chi connectivity index (χ1) is 19.1. The van der Waals surface area contributed by atoms with E-state index in [1.54, 1.807) is 39.4 Å². The van der Waals surface area contributed by atoms with E-state index in [-0.39, 0.29) is 28.7 Å². The average molecular weight is 569 g/mol. The van der Waals surface area contributed by atoms with Crippen molar-refractivity contribution in [2.75, 3.05) is 32.7 Å². The number of methoxy groups -OCH3 is 1. The number of hydrogen-bond donors (Lipinski definition) is 2. The molecule has 1 aromatic carbocycles. The minimum atomic E-state index is -1.06. The topological polar surface area (TPSA) is 132 Å². The van der Waals surface area contributed by atoms with E-state index in [4.69, 9.17) is 15.2 Å². The summed E-state index contributed by atoms with van der Waals surface area (Å²) in [5.74, 6) is -0.900. The summed E-state index contributed by atoms with van der Waals surface area (Å²) in [7, 11) is 3.25. The van der Waals surface area contributed by atoms with Crippen LogP contribution in [0.3, 0.4) is 0 Å². The molecule has 1 fully saturated rings. The van der Waals surface area contributed by atoms with Gasteiger partial charge in [-0.3, -0.25) is 9.98 Å². The van der Waals surface area contributed by atoms with Crippen molar-refractivity contribution in [1.29, 1.82) is 0 Å². The van der Waals surface area contributed by atoms with Crippen LogP contribution in [0.15, 0.2) is 45.6 Å². The Bertz CT molecular complexity index is 1560. The summed E-state index contributed by atoms with van der Waals surface area (Å²) in [6, 6.07) is 4.31. The third-order valence-corrected chi connectivity index (χ3v) is 8.25. The molecule has 0 bridgehead atoms. The van der Waals surface area contributed by atoms with E-state index in [1.807, 2.05) is 13.8 Å². The second kappa shape index (κ2) is 10.7. The van der Waals surface area contributed by atoms with Gasteiger partial charge < -0.3 is 20.5 Å². The summed E-state index contributed by atoms with van der Waals surface area (Å²) < 4.78 is 41.1. The van der Waals surface area contributed by atoms with Gasteiger partial charge in [0.05, 0.1) is 28.6 Å². The van der Waals surface area contributed by atoms with Crippen molar-refractivity contribution in [1.82, 2.24) is 15.0 Å². The smallest absolute Gasteiger partial charge is 0.233 e. The Morgan fingerprint density at radius 1 is 1.27 bits per heavy atom. The second-order valence-corrected chi connectivity index (χ2v) is 11.6. The van der Waals surface area contributed by atoms with Crippen LogP contribution >= 0.6 is 11.8 Å². The highest BCUT2D eigenvalue weighted by molar-refractivity contribution is 8.15. The average Bonchev–Trinajstić information content (AvgIpc) is 3.63. The van der Waals surface area contributed by atoms with Crippen molar-refractivity contribution < 1.29 is 18.3 Å². The van der Waals surface area contributed by atoms with Crippen molar-refractivity contribution in [3.05, 3.63) is 47.8 Å². The molecule has 210 valence electrons. The third kappa shape index (κ3) is 5.22. The number of nitrogens with two attached hydrogens (primary N) is 1. The van der Waals surface area contributed by atoms with E-state index >= 15 is 4.39 Å². The summed E-state index contributed by atoms with van der Waals surface area (Å²) in [5.41, 5.74) is 7.27. The van der Waals surface area contributed by atoms with E-state index in [9.17, 15) is 4.39 Å². The number of rotatable bonds is 8. The van der Waals surface area contributed by atoms with Crippen molar-refractivity contribution in [3.8, 4) is 5.88 Å². The van der Waals surface area contributed by atoms with Crippen LogP contribution in [0.4, 0.5) is 20.3 Å². The van der Waals surface area contributed by atoms with E-state index in [0.29, 0.717) is 40.1 Å². The van der Waals surface area contributed by atoms with Gasteiger partial charge in [0.25, 0.3) is 0 Å². The van der Waals surface area contributed by atoms with Crippen molar-refractivity contribution in [3.63, 3.8) is 0 Å². The van der Waals surface area contributed by atoms with Crippen LogP contribution in [0.2, 0.25) is 0 Å². The number of ether oxygens (including phenoxy) is 2. The number of fused-ring (bicyclic) bond motifs is 2. The Morgan fingerprint density at radius 3 is 2.80 bits per heavy atom. The summed E-state index contributed by atoms with van der Waals surface area (Å²) in [6.07, 6.45) is 3.73. The van der Waals surface area contributed by atoms with E-state index in [2.05, 4.69) is 35.2 Å². The van der Waals surface area contributed by atoms with Gasteiger partial charge in [-0.15, -0.1) is 0 Å². The number of pyridine rings is 1. The highest BCUT2D eigenvalue weighted by atomic mass is 32.2. The van der Waals surface area contributed by atoms with E-state index in [0.717, 1.165) is 18.2 Å². The molecule has 3 atom stereocenters. The minimum Gasteiger partial charge on any atom is -0.468 e. The Morgan fingerprint density at radius 2 is 2.08 bits per heavy atom. The van der Waals surface area contributed by atoms with Gasteiger partial charge in [0.2, 0.25) is 5.88 Å². The van der Waals surface area contributed by atoms with Crippen LogP contribution < -0.4 is 15.8 Å². The fourth-order valence-corrected chi connectivity index (χ4v) is 6.58. The number of nitrogens with zero attached hydrogens (tertiary/aromatic N) is 6. The Kier molecular flexibility index (Phi) is 7.44. The van der Waals surface area contributed by atoms with E-state index in [1.165, 1.54) is 18.0 Å². The lowest BCUT2D eigenvalue weighted by atomic mass is 9.85. The molecule has 3 heterocycles. The molecule has 2 aromatic heterocycles. The lowest BCUT2D eigenvalue weighted by molar-refractivity contribution is 0.184. The molecule has 0 spiro atoms. The standard InChI is InChI=1S/C27H30F2N8O2S/c1-14(2)34-20(31-4)12-39-21-11-33-23-18(36-21)6-7-32-24(23)35-15-8-16(22(29)17(28)9-15)26(3)19-10-27(19,13-38-5)40-25(30)37-26/h6-9,11,19H,10,12-13H2,1-5H3,(H2,30,37)(H,32,35)/t19?,26-,27-/m1/s1. The first-order valence-corrected chi connectivity index (χ1v) is 13.4. The van der Waals surface area contributed by atoms with Gasteiger partial charge in [-0.1, -0.05) is 11.8 Å². The maximum Gasteiger partial charge on any atom is 0.233 e. The molecule has 1 aliphatic carbocycles. The van der Waals surface area contributed by atoms with Gasteiger partial charge in [-0.05, 0) is 39.3 Å². The molecule has 0 radical (unpaired) electrons.